The van der Waals surface area contributed by atoms with Crippen LogP contribution < -0.4 is 0 Å². The Morgan fingerprint density at radius 2 is 2.20 bits per heavy atom. The Hall–Kier alpha value is -0.160. The maximum Gasteiger partial charge on any atom is 0.163 e. The lowest BCUT2D eigenvalue weighted by atomic mass is 10.2. The third kappa shape index (κ3) is 2.91. The van der Waals surface area contributed by atoms with E-state index in [0.717, 1.165) is 13.2 Å². The van der Waals surface area contributed by atoms with Crippen LogP contribution in [0.1, 0.15) is 20.3 Å². The van der Waals surface area contributed by atoms with Crippen LogP contribution in [0.4, 0.5) is 0 Å². The Bertz CT molecular complexity index is 217. The number of ether oxygens (including phenoxy) is 4. The predicted octanol–water partition coefficient (Wildman–Crippen LogP) is 1.39. The van der Waals surface area contributed by atoms with E-state index in [0.29, 0.717) is 18.6 Å². The van der Waals surface area contributed by atoms with Crippen LogP contribution in [0.3, 0.4) is 0 Å². The van der Waals surface area contributed by atoms with Crippen LogP contribution in [0, 0.1) is 11.8 Å². The number of hydrogen-bond donors (Lipinski definition) is 0. The highest BCUT2D eigenvalue weighted by Crippen LogP contribution is 2.45. The van der Waals surface area contributed by atoms with Crippen molar-refractivity contribution in [2.24, 2.45) is 11.8 Å². The van der Waals surface area contributed by atoms with E-state index in [1.54, 1.807) is 7.11 Å². The summed E-state index contributed by atoms with van der Waals surface area (Å²) in [7, 11) is 1.64. The van der Waals surface area contributed by atoms with Gasteiger partial charge in [-0.25, -0.2) is 0 Å². The number of hydrogen-bond acceptors (Lipinski definition) is 4. The van der Waals surface area contributed by atoms with Gasteiger partial charge >= 0.3 is 0 Å². The highest BCUT2D eigenvalue weighted by molar-refractivity contribution is 4.94. The molecule has 1 aliphatic carbocycles. The van der Waals surface area contributed by atoms with Gasteiger partial charge in [-0.05, 0) is 32.1 Å². The molecule has 2 fully saturated rings. The van der Waals surface area contributed by atoms with Gasteiger partial charge < -0.3 is 18.9 Å². The predicted molar refractivity (Wildman–Crippen MR) is 54.3 cm³/mol. The molecule has 0 radical (unpaired) electrons. The number of rotatable bonds is 5. The molecule has 1 saturated heterocycles. The molecule has 0 aromatic carbocycles. The maximum absolute atomic E-state index is 5.80. The summed E-state index contributed by atoms with van der Waals surface area (Å²) in [6.07, 6.45) is 1.45. The molecule has 1 saturated carbocycles. The summed E-state index contributed by atoms with van der Waals surface area (Å²) in [6, 6.07) is 0. The third-order valence-electron chi connectivity index (χ3n) is 3.02. The van der Waals surface area contributed by atoms with Crippen molar-refractivity contribution in [2.45, 2.75) is 32.2 Å². The molecule has 88 valence electrons. The van der Waals surface area contributed by atoms with Gasteiger partial charge in [0.1, 0.15) is 6.79 Å². The summed E-state index contributed by atoms with van der Waals surface area (Å²) in [4.78, 5) is 0. The Morgan fingerprint density at radius 1 is 1.40 bits per heavy atom. The van der Waals surface area contributed by atoms with Crippen molar-refractivity contribution in [1.82, 2.24) is 0 Å². The topological polar surface area (TPSA) is 36.9 Å². The Labute approximate surface area is 90.8 Å². The lowest BCUT2D eigenvalue weighted by molar-refractivity contribution is -0.141. The molecule has 4 heteroatoms. The van der Waals surface area contributed by atoms with E-state index >= 15 is 0 Å². The highest BCUT2D eigenvalue weighted by atomic mass is 16.7. The van der Waals surface area contributed by atoms with Crippen LogP contribution in [0.25, 0.3) is 0 Å². The van der Waals surface area contributed by atoms with Crippen LogP contribution in [0.2, 0.25) is 0 Å². The van der Waals surface area contributed by atoms with Gasteiger partial charge in [-0.3, -0.25) is 0 Å². The molecule has 2 aliphatic rings. The average Bonchev–Trinajstić information content (AvgIpc) is 2.84. The molecule has 0 spiro atoms. The summed E-state index contributed by atoms with van der Waals surface area (Å²) in [6.45, 7) is 5.81. The zero-order valence-corrected chi connectivity index (χ0v) is 9.69. The Balaban J connectivity index is 1.66. The lowest BCUT2D eigenvalue weighted by Gasteiger charge is -2.17. The van der Waals surface area contributed by atoms with Crippen molar-refractivity contribution in [3.63, 3.8) is 0 Å². The molecule has 0 aromatic heterocycles. The maximum atomic E-state index is 5.80. The van der Waals surface area contributed by atoms with Crippen LogP contribution >= 0.6 is 0 Å². The SMILES string of the molecule is COCOC[C@H]1C[C@H]1[C@H]1COC(C)(C)O1. The normalized spacial score (nSPS) is 38.2. The van der Waals surface area contributed by atoms with Gasteiger partial charge in [-0.1, -0.05) is 0 Å². The van der Waals surface area contributed by atoms with Crippen LogP contribution in [-0.4, -0.2) is 39.0 Å². The zero-order chi connectivity index (χ0) is 10.9. The van der Waals surface area contributed by atoms with Crippen molar-refractivity contribution in [3.05, 3.63) is 0 Å². The van der Waals surface area contributed by atoms with E-state index in [2.05, 4.69) is 0 Å². The summed E-state index contributed by atoms with van der Waals surface area (Å²) >= 11 is 0. The van der Waals surface area contributed by atoms with Crippen molar-refractivity contribution in [2.75, 3.05) is 27.1 Å². The highest BCUT2D eigenvalue weighted by Gasteiger charge is 2.48. The van der Waals surface area contributed by atoms with Crippen molar-refractivity contribution in [1.29, 1.82) is 0 Å². The first-order valence-electron chi connectivity index (χ1n) is 5.51. The Morgan fingerprint density at radius 3 is 2.80 bits per heavy atom. The first-order chi connectivity index (χ1) is 7.12. The first-order valence-corrected chi connectivity index (χ1v) is 5.51. The third-order valence-corrected chi connectivity index (χ3v) is 3.02. The smallest absolute Gasteiger partial charge is 0.163 e. The lowest BCUT2D eigenvalue weighted by Crippen LogP contribution is -2.23. The molecular formula is C11H20O4. The number of methoxy groups -OCH3 is 1. The fraction of sp³-hybridized carbons (Fsp3) is 1.00. The molecule has 1 heterocycles. The van der Waals surface area contributed by atoms with E-state index in [9.17, 15) is 0 Å². The second-order valence-corrected chi connectivity index (χ2v) is 4.80. The fourth-order valence-electron chi connectivity index (χ4n) is 2.13. The summed E-state index contributed by atoms with van der Waals surface area (Å²) in [5, 5.41) is 0. The molecule has 2 rings (SSSR count). The van der Waals surface area contributed by atoms with Crippen LogP contribution in [0.15, 0.2) is 0 Å². The van der Waals surface area contributed by atoms with Crippen molar-refractivity contribution >= 4 is 0 Å². The molecule has 0 unspecified atom stereocenters. The van der Waals surface area contributed by atoms with Crippen LogP contribution in [0.5, 0.6) is 0 Å². The Kier molecular flexibility index (Phi) is 3.30. The van der Waals surface area contributed by atoms with E-state index in [1.165, 1.54) is 6.42 Å². The van der Waals surface area contributed by atoms with Crippen LogP contribution in [-0.2, 0) is 18.9 Å². The largest absolute Gasteiger partial charge is 0.359 e. The second-order valence-electron chi connectivity index (χ2n) is 4.80. The summed E-state index contributed by atoms with van der Waals surface area (Å²) in [5.74, 6) is 0.844. The fourth-order valence-corrected chi connectivity index (χ4v) is 2.13. The summed E-state index contributed by atoms with van der Waals surface area (Å²) in [5.41, 5.74) is 0. The van der Waals surface area contributed by atoms with Gasteiger partial charge in [-0.2, -0.15) is 0 Å². The second kappa shape index (κ2) is 4.37. The minimum Gasteiger partial charge on any atom is -0.359 e. The molecule has 1 aliphatic heterocycles. The minimum absolute atomic E-state index is 0.260. The van der Waals surface area contributed by atoms with Gasteiger partial charge in [0, 0.05) is 7.11 Å². The molecule has 0 amide bonds. The van der Waals surface area contributed by atoms with E-state index in [1.807, 2.05) is 13.8 Å². The molecule has 3 atom stereocenters. The van der Waals surface area contributed by atoms with Crippen molar-refractivity contribution < 1.29 is 18.9 Å². The molecule has 0 aromatic rings. The minimum atomic E-state index is -0.398. The molecular weight excluding hydrogens is 196 g/mol. The van der Waals surface area contributed by atoms with E-state index in [4.69, 9.17) is 18.9 Å². The quantitative estimate of drug-likeness (QED) is 0.514. The van der Waals surface area contributed by atoms with E-state index in [-0.39, 0.29) is 6.10 Å². The molecule has 0 N–H and O–H groups in total. The van der Waals surface area contributed by atoms with Crippen molar-refractivity contribution in [3.8, 4) is 0 Å². The molecule has 0 bridgehead atoms. The standard InChI is InChI=1S/C11H20O4/c1-11(2)14-6-10(15-11)9-4-8(9)5-13-7-12-3/h8-10H,4-7H2,1-3H3/t8-,9-,10-/m1/s1. The zero-order valence-electron chi connectivity index (χ0n) is 9.69. The van der Waals surface area contributed by atoms with E-state index < -0.39 is 5.79 Å². The molecule has 4 nitrogen and oxygen atoms in total. The van der Waals surface area contributed by atoms with Gasteiger partial charge in [-0.15, -0.1) is 0 Å². The first kappa shape index (κ1) is 11.3. The van der Waals surface area contributed by atoms with Gasteiger partial charge in [0.05, 0.1) is 19.3 Å². The van der Waals surface area contributed by atoms with Gasteiger partial charge in [0.2, 0.25) is 0 Å². The average molecular weight is 216 g/mol. The van der Waals surface area contributed by atoms with Gasteiger partial charge in [0.15, 0.2) is 5.79 Å². The monoisotopic (exact) mass is 216 g/mol. The summed E-state index contributed by atoms with van der Waals surface area (Å²) < 4.78 is 21.5. The molecule has 15 heavy (non-hydrogen) atoms. The van der Waals surface area contributed by atoms with Gasteiger partial charge in [0.25, 0.3) is 0 Å².